The number of rotatable bonds is 9. The van der Waals surface area contributed by atoms with Crippen molar-refractivity contribution in [2.75, 3.05) is 19.0 Å². The zero-order valence-electron chi connectivity index (χ0n) is 25.5. The molecule has 0 aliphatic carbocycles. The number of carbonyl (C=O) groups is 2. The van der Waals surface area contributed by atoms with Crippen molar-refractivity contribution in [1.82, 2.24) is 9.88 Å². The highest BCUT2D eigenvalue weighted by Crippen LogP contribution is 2.39. The van der Waals surface area contributed by atoms with Gasteiger partial charge in [-0.3, -0.25) is 9.59 Å². The second-order valence-corrected chi connectivity index (χ2v) is 11.0. The van der Waals surface area contributed by atoms with E-state index in [1.54, 1.807) is 19.2 Å². The molecule has 1 aliphatic rings. The van der Waals surface area contributed by atoms with Crippen LogP contribution in [0.25, 0.3) is 11.1 Å². The average molecular weight is 636 g/mol. The number of carbonyl (C=O) groups excluding carboxylic acids is 2. The molecule has 0 saturated carbocycles. The first-order valence-electron chi connectivity index (χ1n) is 14.3. The Morgan fingerprint density at radius 1 is 1.11 bits per heavy atom. The summed E-state index contributed by atoms with van der Waals surface area (Å²) in [5.74, 6) is -4.55. The third-order valence-corrected chi connectivity index (χ3v) is 7.94. The first-order valence-corrected chi connectivity index (χ1v) is 14.3. The normalized spacial score (nSPS) is 14.2. The fourth-order valence-electron chi connectivity index (χ4n) is 5.50. The number of nitrogens with zero attached hydrogens (tertiary/aromatic N) is 1. The van der Waals surface area contributed by atoms with Crippen LogP contribution in [0.2, 0.25) is 0 Å². The van der Waals surface area contributed by atoms with Gasteiger partial charge in [0.25, 0.3) is 11.5 Å². The second-order valence-electron chi connectivity index (χ2n) is 11.0. The molecule has 0 radical (unpaired) electrons. The molecule has 0 fully saturated rings. The molecule has 0 bridgehead atoms. The molecule has 13 heteroatoms. The van der Waals surface area contributed by atoms with Crippen molar-refractivity contribution in [1.29, 1.82) is 0 Å². The first-order chi connectivity index (χ1) is 21.2. The van der Waals surface area contributed by atoms with Gasteiger partial charge in [-0.15, -0.1) is 0 Å². The topological polar surface area (TPSA) is 98.7 Å². The Balaban J connectivity index is 1.66. The lowest BCUT2D eigenvalue weighted by Crippen LogP contribution is -2.44. The van der Waals surface area contributed by atoms with Gasteiger partial charge in [0.1, 0.15) is 35.0 Å². The van der Waals surface area contributed by atoms with Crippen LogP contribution in [0, 0.1) is 25.5 Å². The largest absolute Gasteiger partial charge is 0.493 e. The number of ether oxygens (including phenoxy) is 2. The Morgan fingerprint density at radius 3 is 2.38 bits per heavy atom. The maximum atomic E-state index is 14.9. The van der Waals surface area contributed by atoms with Gasteiger partial charge in [0, 0.05) is 30.4 Å². The number of alkyl halides is 3. The summed E-state index contributed by atoms with van der Waals surface area (Å²) in [7, 11) is 2.76. The summed E-state index contributed by atoms with van der Waals surface area (Å²) in [4.78, 5) is 39.0. The van der Waals surface area contributed by atoms with Crippen LogP contribution in [0.15, 0.2) is 35.1 Å². The molecule has 2 heterocycles. The molecule has 2 N–H and O–H groups in total. The maximum absolute atomic E-state index is 14.9. The Bertz CT molecular complexity index is 1660. The molecule has 8 nitrogen and oxygen atoms in total. The molecule has 1 aromatic heterocycles. The molecule has 0 saturated heterocycles. The van der Waals surface area contributed by atoms with Crippen LogP contribution in [0.4, 0.5) is 27.6 Å². The van der Waals surface area contributed by atoms with E-state index in [1.165, 1.54) is 11.5 Å². The van der Waals surface area contributed by atoms with Crippen molar-refractivity contribution in [3.8, 4) is 16.9 Å². The Morgan fingerprint density at radius 2 is 1.78 bits per heavy atom. The van der Waals surface area contributed by atoms with Gasteiger partial charge < -0.3 is 24.7 Å². The van der Waals surface area contributed by atoms with Gasteiger partial charge in [-0.1, -0.05) is 19.1 Å². The van der Waals surface area contributed by atoms with Crippen LogP contribution in [-0.4, -0.2) is 48.4 Å². The summed E-state index contributed by atoms with van der Waals surface area (Å²) < 4.78 is 81.7. The molecule has 45 heavy (non-hydrogen) atoms. The third kappa shape index (κ3) is 6.97. The number of hydrogen-bond donors (Lipinski definition) is 2. The van der Waals surface area contributed by atoms with E-state index in [4.69, 9.17) is 9.47 Å². The van der Waals surface area contributed by atoms with Crippen molar-refractivity contribution in [2.45, 2.75) is 64.7 Å². The van der Waals surface area contributed by atoms with Gasteiger partial charge in [0.15, 0.2) is 0 Å². The van der Waals surface area contributed by atoms with Crippen molar-refractivity contribution < 1.29 is 41.0 Å². The zero-order valence-corrected chi connectivity index (χ0v) is 25.5. The second kappa shape index (κ2) is 13.3. The molecule has 1 aliphatic heterocycles. The molecule has 242 valence electrons. The number of hydrogen-bond acceptors (Lipinski definition) is 6. The SMILES string of the molecule is CC[C@@H](Nc1cc(F)c(C(=O)N[C@@H](Cc2ccc(-c3c(C)cc(C)n(C)c3=O)c3c2CCCO3)C(=O)OC)c(F)c1)C(F)(F)F. The van der Waals surface area contributed by atoms with Gasteiger partial charge in [-0.05, 0) is 68.0 Å². The number of halogens is 5. The highest BCUT2D eigenvalue weighted by atomic mass is 19.4. The van der Waals surface area contributed by atoms with Crippen molar-refractivity contribution in [3.05, 3.63) is 80.3 Å². The lowest BCUT2D eigenvalue weighted by Gasteiger charge is -2.26. The smallest absolute Gasteiger partial charge is 0.408 e. The highest BCUT2D eigenvalue weighted by molar-refractivity contribution is 5.97. The molecular weight excluding hydrogens is 601 g/mol. The molecular formula is C32H34F5N3O5. The van der Waals surface area contributed by atoms with Crippen LogP contribution >= 0.6 is 0 Å². The molecule has 0 spiro atoms. The molecule has 1 amide bonds. The fraction of sp³-hybridized carbons (Fsp3) is 0.406. The average Bonchev–Trinajstić information content (AvgIpc) is 2.97. The number of esters is 1. The predicted octanol–water partition coefficient (Wildman–Crippen LogP) is 5.54. The Hall–Kier alpha value is -4.42. The summed E-state index contributed by atoms with van der Waals surface area (Å²) >= 11 is 0. The van der Waals surface area contributed by atoms with Crippen molar-refractivity contribution in [3.63, 3.8) is 0 Å². The number of aryl methyl sites for hydroxylation is 2. The quantitative estimate of drug-likeness (QED) is 0.237. The molecule has 2 atom stereocenters. The molecule has 2 aromatic carbocycles. The van der Waals surface area contributed by atoms with Crippen LogP contribution in [0.3, 0.4) is 0 Å². The van der Waals surface area contributed by atoms with Gasteiger partial charge in [0.2, 0.25) is 0 Å². The number of methoxy groups -OCH3 is 1. The minimum atomic E-state index is -4.66. The lowest BCUT2D eigenvalue weighted by atomic mass is 9.89. The summed E-state index contributed by atoms with van der Waals surface area (Å²) in [5.41, 5.74) is 2.12. The van der Waals surface area contributed by atoms with E-state index >= 15 is 0 Å². The number of anilines is 1. The van der Waals surface area contributed by atoms with Crippen molar-refractivity contribution >= 4 is 17.6 Å². The number of nitrogens with one attached hydrogen (secondary N) is 2. The van der Waals surface area contributed by atoms with E-state index in [9.17, 15) is 36.3 Å². The number of fused-ring (bicyclic) bond motifs is 1. The lowest BCUT2D eigenvalue weighted by molar-refractivity contribution is -0.143. The minimum absolute atomic E-state index is 0.137. The molecule has 4 rings (SSSR count). The van der Waals surface area contributed by atoms with Crippen molar-refractivity contribution in [2.24, 2.45) is 7.05 Å². The predicted molar refractivity (Wildman–Crippen MR) is 157 cm³/mol. The number of pyridine rings is 1. The van der Waals surface area contributed by atoms with E-state index in [-0.39, 0.29) is 12.0 Å². The van der Waals surface area contributed by atoms with E-state index in [0.717, 1.165) is 18.4 Å². The van der Waals surface area contributed by atoms with E-state index in [2.05, 4.69) is 5.32 Å². The van der Waals surface area contributed by atoms with Crippen LogP contribution in [0.1, 0.15) is 52.5 Å². The monoisotopic (exact) mass is 635 g/mol. The number of aromatic nitrogens is 1. The summed E-state index contributed by atoms with van der Waals surface area (Å²) in [6.07, 6.45) is -4.01. The van der Waals surface area contributed by atoms with E-state index in [0.29, 0.717) is 59.6 Å². The standard InChI is InChI=1S/C32H34F5N3O5/c1-6-25(32(35,36)37)38-19-14-22(33)27(23(34)15-19)29(41)39-24(31(43)44-5)13-18-9-10-21(28-20(18)8-7-11-45-28)26-16(2)12-17(3)40(4)30(26)42/h9-10,12,14-15,24-25,38H,6-8,11,13H2,1-5H3,(H,39,41)/t24-,25+/m0/s1. The Labute approximate surface area is 256 Å². The molecule has 3 aromatic rings. The van der Waals surface area contributed by atoms with Crippen LogP contribution in [-0.2, 0) is 29.4 Å². The minimum Gasteiger partial charge on any atom is -0.493 e. The molecule has 0 unspecified atom stereocenters. The van der Waals surface area contributed by atoms with E-state index < -0.39 is 59.4 Å². The maximum Gasteiger partial charge on any atom is 0.408 e. The number of amides is 1. The van der Waals surface area contributed by atoms with Gasteiger partial charge in [-0.25, -0.2) is 13.6 Å². The van der Waals surface area contributed by atoms with Gasteiger partial charge in [-0.2, -0.15) is 13.2 Å². The van der Waals surface area contributed by atoms with E-state index in [1.807, 2.05) is 25.2 Å². The first kappa shape index (κ1) is 33.5. The summed E-state index contributed by atoms with van der Waals surface area (Å²) in [6, 6.07) is 3.02. The zero-order chi connectivity index (χ0) is 33.2. The van der Waals surface area contributed by atoms with Gasteiger partial charge >= 0.3 is 12.1 Å². The highest BCUT2D eigenvalue weighted by Gasteiger charge is 2.38. The summed E-state index contributed by atoms with van der Waals surface area (Å²) in [5, 5.41) is 4.34. The van der Waals surface area contributed by atoms with Crippen LogP contribution < -0.4 is 20.9 Å². The van der Waals surface area contributed by atoms with Gasteiger partial charge in [0.05, 0.1) is 19.3 Å². The number of benzene rings is 2. The van der Waals surface area contributed by atoms with Crippen LogP contribution in [0.5, 0.6) is 5.75 Å². The fourth-order valence-corrected chi connectivity index (χ4v) is 5.50. The third-order valence-electron chi connectivity index (χ3n) is 7.94. The summed E-state index contributed by atoms with van der Waals surface area (Å²) in [6.45, 7) is 5.31. The Kier molecular flexibility index (Phi) is 9.89.